The van der Waals surface area contributed by atoms with E-state index in [9.17, 15) is 14.7 Å². The zero-order chi connectivity index (χ0) is 24.9. The van der Waals surface area contributed by atoms with E-state index < -0.39 is 0 Å². The van der Waals surface area contributed by atoms with Crippen LogP contribution in [0.5, 0.6) is 5.75 Å². The number of carbonyl (C=O) groups is 2. The van der Waals surface area contributed by atoms with Gasteiger partial charge >= 0.3 is 0 Å². The summed E-state index contributed by atoms with van der Waals surface area (Å²) in [7, 11) is 2.17. The van der Waals surface area contributed by atoms with Crippen LogP contribution < -0.4 is 10.1 Å². The van der Waals surface area contributed by atoms with Crippen LogP contribution in [0.3, 0.4) is 0 Å². The number of nitrogens with one attached hydrogen (secondary N) is 1. The van der Waals surface area contributed by atoms with Crippen LogP contribution in [0.2, 0.25) is 0 Å². The number of rotatable bonds is 8. The number of carbonyl (C=O) groups excluding carboxylic acids is 2. The minimum absolute atomic E-state index is 0.0230. The fourth-order valence-corrected chi connectivity index (χ4v) is 5.51. The smallest absolute Gasteiger partial charge is 0.227 e. The molecule has 3 atom stereocenters. The molecule has 35 heavy (non-hydrogen) atoms. The van der Waals surface area contributed by atoms with Gasteiger partial charge < -0.3 is 25.0 Å². The van der Waals surface area contributed by atoms with Crippen molar-refractivity contribution in [2.75, 3.05) is 38.6 Å². The molecule has 1 aromatic rings. The zero-order valence-corrected chi connectivity index (χ0v) is 21.7. The molecule has 0 saturated heterocycles. The van der Waals surface area contributed by atoms with E-state index >= 15 is 0 Å². The van der Waals surface area contributed by atoms with E-state index in [1.807, 2.05) is 25.1 Å². The Kier molecular flexibility index (Phi) is 8.71. The van der Waals surface area contributed by atoms with Crippen molar-refractivity contribution in [1.29, 1.82) is 0 Å². The van der Waals surface area contributed by atoms with Crippen molar-refractivity contribution in [3.8, 4) is 5.75 Å². The molecule has 2 saturated carbocycles. The summed E-state index contributed by atoms with van der Waals surface area (Å²) in [5.41, 5.74) is 1.49. The van der Waals surface area contributed by atoms with Gasteiger partial charge in [-0.1, -0.05) is 26.2 Å². The topological polar surface area (TPSA) is 82.1 Å². The number of aliphatic hydroxyl groups is 1. The number of aliphatic hydroxyl groups excluding tert-OH is 1. The Hall–Kier alpha value is -2.12. The van der Waals surface area contributed by atoms with Gasteiger partial charge in [-0.3, -0.25) is 9.59 Å². The van der Waals surface area contributed by atoms with Crippen LogP contribution in [0.15, 0.2) is 18.2 Å². The summed E-state index contributed by atoms with van der Waals surface area (Å²) in [4.78, 5) is 29.8. The van der Waals surface area contributed by atoms with E-state index in [2.05, 4.69) is 24.2 Å². The van der Waals surface area contributed by atoms with Gasteiger partial charge in [-0.2, -0.15) is 0 Å². The third-order valence-corrected chi connectivity index (χ3v) is 7.92. The average Bonchev–Trinajstić information content (AvgIpc) is 3.68. The van der Waals surface area contributed by atoms with Crippen molar-refractivity contribution in [1.82, 2.24) is 9.80 Å². The maximum atomic E-state index is 13.3. The lowest BCUT2D eigenvalue weighted by Gasteiger charge is -2.35. The second-order valence-corrected chi connectivity index (χ2v) is 11.2. The molecule has 7 heteroatoms. The van der Waals surface area contributed by atoms with Crippen molar-refractivity contribution in [2.45, 2.75) is 77.4 Å². The SMILES string of the molecule is C[C@H](CO)N1C[C@H](C)[C@H](CN(C)CC2CCCCC2)Oc2ccc(NC(=O)C3CC3)cc2CC1=O. The molecule has 1 heterocycles. The van der Waals surface area contributed by atoms with Gasteiger partial charge in [-0.05, 0) is 63.8 Å². The summed E-state index contributed by atoms with van der Waals surface area (Å²) in [5.74, 6) is 1.70. The monoisotopic (exact) mass is 485 g/mol. The van der Waals surface area contributed by atoms with E-state index in [-0.39, 0.29) is 48.8 Å². The van der Waals surface area contributed by atoms with Crippen molar-refractivity contribution in [3.63, 3.8) is 0 Å². The lowest BCUT2D eigenvalue weighted by atomic mass is 9.89. The van der Waals surface area contributed by atoms with Crippen LogP contribution in [-0.4, -0.2) is 72.2 Å². The fraction of sp³-hybridized carbons (Fsp3) is 0.714. The van der Waals surface area contributed by atoms with Gasteiger partial charge in [0.25, 0.3) is 0 Å². The number of fused-ring (bicyclic) bond motifs is 1. The predicted molar refractivity (Wildman–Crippen MR) is 137 cm³/mol. The maximum Gasteiger partial charge on any atom is 0.227 e. The third kappa shape index (κ3) is 6.98. The molecule has 3 aliphatic rings. The largest absolute Gasteiger partial charge is 0.488 e. The molecule has 1 aromatic carbocycles. The number of ether oxygens (including phenoxy) is 1. The summed E-state index contributed by atoms with van der Waals surface area (Å²) in [5, 5.41) is 12.8. The van der Waals surface area contributed by atoms with Crippen molar-refractivity contribution < 1.29 is 19.4 Å². The minimum Gasteiger partial charge on any atom is -0.488 e. The maximum absolute atomic E-state index is 13.3. The first-order valence-electron chi connectivity index (χ1n) is 13.5. The van der Waals surface area contributed by atoms with E-state index in [0.29, 0.717) is 18.0 Å². The molecule has 0 spiro atoms. The number of likely N-dealkylation sites (N-methyl/N-ethyl adjacent to an activating group) is 1. The number of hydrogen-bond acceptors (Lipinski definition) is 5. The van der Waals surface area contributed by atoms with Crippen molar-refractivity contribution in [3.05, 3.63) is 23.8 Å². The average molecular weight is 486 g/mol. The quantitative estimate of drug-likeness (QED) is 0.587. The van der Waals surface area contributed by atoms with Crippen LogP contribution in [0.1, 0.15) is 64.4 Å². The van der Waals surface area contributed by atoms with E-state index in [0.717, 1.165) is 37.4 Å². The number of amides is 2. The van der Waals surface area contributed by atoms with Gasteiger partial charge in [0.2, 0.25) is 11.8 Å². The highest BCUT2D eigenvalue weighted by molar-refractivity contribution is 5.94. The second-order valence-electron chi connectivity index (χ2n) is 11.2. The first-order valence-corrected chi connectivity index (χ1v) is 13.5. The Bertz CT molecular complexity index is 881. The molecular weight excluding hydrogens is 442 g/mol. The molecule has 0 aromatic heterocycles. The number of nitrogens with zero attached hydrogens (tertiary/aromatic N) is 2. The van der Waals surface area contributed by atoms with Gasteiger partial charge in [0.15, 0.2) is 0 Å². The van der Waals surface area contributed by atoms with E-state index in [4.69, 9.17) is 4.74 Å². The van der Waals surface area contributed by atoms with Crippen LogP contribution in [0.4, 0.5) is 5.69 Å². The van der Waals surface area contributed by atoms with E-state index in [1.54, 1.807) is 4.90 Å². The van der Waals surface area contributed by atoms with Crippen LogP contribution >= 0.6 is 0 Å². The third-order valence-electron chi connectivity index (χ3n) is 7.92. The summed E-state index contributed by atoms with van der Waals surface area (Å²) < 4.78 is 6.62. The normalized spacial score (nSPS) is 24.7. The molecule has 0 unspecified atom stereocenters. The highest BCUT2D eigenvalue weighted by atomic mass is 16.5. The molecule has 4 rings (SSSR count). The van der Waals surface area contributed by atoms with E-state index in [1.165, 1.54) is 32.1 Å². The molecule has 0 bridgehead atoms. The molecule has 2 fully saturated rings. The minimum atomic E-state index is -0.259. The Morgan fingerprint density at radius 2 is 1.94 bits per heavy atom. The van der Waals surface area contributed by atoms with Crippen LogP contribution in [0, 0.1) is 17.8 Å². The number of anilines is 1. The van der Waals surface area contributed by atoms with Crippen LogP contribution in [0.25, 0.3) is 0 Å². The highest BCUT2D eigenvalue weighted by Crippen LogP contribution is 2.33. The van der Waals surface area contributed by atoms with Crippen LogP contribution in [-0.2, 0) is 16.0 Å². The molecule has 1 aliphatic heterocycles. The number of hydrogen-bond donors (Lipinski definition) is 2. The van der Waals surface area contributed by atoms with Gasteiger partial charge in [0.05, 0.1) is 19.1 Å². The first-order chi connectivity index (χ1) is 16.8. The standard InChI is InChI=1S/C28H43N3O4/c1-19-15-31(20(2)18-32)27(33)14-23-13-24(29-28(34)22-9-10-22)11-12-25(23)35-26(19)17-30(3)16-21-7-5-4-6-8-21/h11-13,19-22,26,32H,4-10,14-18H2,1-3H3,(H,29,34)/t19-,20+,26-/m0/s1. The van der Waals surface area contributed by atoms with Crippen molar-refractivity contribution >= 4 is 17.5 Å². The second kappa shape index (κ2) is 11.7. The highest BCUT2D eigenvalue weighted by Gasteiger charge is 2.32. The first kappa shape index (κ1) is 26.0. The van der Waals surface area contributed by atoms with Gasteiger partial charge in [0.1, 0.15) is 11.9 Å². The Labute approximate surface area is 210 Å². The molecule has 2 aliphatic carbocycles. The molecule has 7 nitrogen and oxygen atoms in total. The molecule has 0 radical (unpaired) electrons. The predicted octanol–water partition coefficient (Wildman–Crippen LogP) is 3.70. The van der Waals surface area contributed by atoms with Gasteiger partial charge in [0, 0.05) is 42.7 Å². The van der Waals surface area contributed by atoms with Gasteiger partial charge in [-0.25, -0.2) is 0 Å². The lowest BCUT2D eigenvalue weighted by molar-refractivity contribution is -0.134. The molecular formula is C28H43N3O4. The summed E-state index contributed by atoms with van der Waals surface area (Å²) in [6.07, 6.45) is 8.62. The lowest BCUT2D eigenvalue weighted by Crippen LogP contribution is -2.48. The molecule has 194 valence electrons. The summed E-state index contributed by atoms with van der Waals surface area (Å²) >= 11 is 0. The Morgan fingerprint density at radius 1 is 1.20 bits per heavy atom. The summed E-state index contributed by atoms with van der Waals surface area (Å²) in [6.45, 7) is 6.35. The van der Waals surface area contributed by atoms with Crippen molar-refractivity contribution in [2.24, 2.45) is 17.8 Å². The Balaban J connectivity index is 1.55. The molecule has 2 amide bonds. The fourth-order valence-electron chi connectivity index (χ4n) is 5.51. The van der Waals surface area contributed by atoms with Gasteiger partial charge in [-0.15, -0.1) is 0 Å². The summed E-state index contributed by atoms with van der Waals surface area (Å²) in [6, 6.07) is 5.40. The zero-order valence-electron chi connectivity index (χ0n) is 21.7. The number of benzene rings is 1. The molecule has 2 N–H and O–H groups in total. The Morgan fingerprint density at radius 3 is 2.63 bits per heavy atom.